The number of rotatable bonds is 1. The number of carbonyl (C=O) groups excluding carboxylic acids is 1. The van der Waals surface area contributed by atoms with Gasteiger partial charge in [0.05, 0.1) is 12.2 Å². The predicted molar refractivity (Wildman–Crippen MR) is 102 cm³/mol. The number of aliphatic hydroxyl groups is 3. The van der Waals surface area contributed by atoms with Gasteiger partial charge in [-0.25, -0.2) is 0 Å². The molecule has 3 heterocycles. The summed E-state index contributed by atoms with van der Waals surface area (Å²) in [4.78, 5) is 14.3. The van der Waals surface area contributed by atoms with Gasteiger partial charge in [0.2, 0.25) is 0 Å². The first-order valence-corrected chi connectivity index (χ1v) is 11.3. The summed E-state index contributed by atoms with van der Waals surface area (Å²) in [6.45, 7) is 9.87. The normalized spacial score (nSPS) is 67.8. The Morgan fingerprint density at radius 1 is 1.24 bits per heavy atom. The van der Waals surface area contributed by atoms with Crippen LogP contribution < -0.4 is 0 Å². The van der Waals surface area contributed by atoms with Gasteiger partial charge in [-0.05, 0) is 42.9 Å². The van der Waals surface area contributed by atoms with Crippen LogP contribution in [0.1, 0.15) is 39.5 Å². The minimum Gasteiger partial charge on any atom is -0.463 e. The summed E-state index contributed by atoms with van der Waals surface area (Å²) >= 11 is 0. The lowest BCUT2D eigenvalue weighted by atomic mass is 9.35. The molecule has 6 heteroatoms. The highest BCUT2D eigenvalue weighted by Gasteiger charge is 2.92. The largest absolute Gasteiger partial charge is 0.463 e. The number of carbonyl (C=O) groups is 1. The van der Waals surface area contributed by atoms with Gasteiger partial charge in [-0.15, -0.1) is 0 Å². The van der Waals surface area contributed by atoms with Gasteiger partial charge < -0.3 is 20.1 Å². The Morgan fingerprint density at radius 2 is 2.00 bits per heavy atom. The molecule has 9 rings (SSSR count). The van der Waals surface area contributed by atoms with Crippen molar-refractivity contribution in [3.8, 4) is 0 Å². The van der Waals surface area contributed by atoms with Crippen molar-refractivity contribution < 1.29 is 24.9 Å². The minimum absolute atomic E-state index is 0.00809. The molecular formula is C23H31NO5. The summed E-state index contributed by atoms with van der Waals surface area (Å²) < 4.78 is 5.80. The maximum absolute atomic E-state index is 12.4. The highest BCUT2D eigenvalue weighted by atomic mass is 16.5. The fourth-order valence-corrected chi connectivity index (χ4v) is 11.4. The summed E-state index contributed by atoms with van der Waals surface area (Å²) in [6, 6.07) is -0.169. The average Bonchev–Trinajstić information content (AvgIpc) is 2.61. The first-order valence-electron chi connectivity index (χ1n) is 11.3. The zero-order valence-electron chi connectivity index (χ0n) is 17.2. The van der Waals surface area contributed by atoms with Crippen LogP contribution in [0.3, 0.4) is 0 Å². The quantitative estimate of drug-likeness (QED) is 0.443. The fourth-order valence-electron chi connectivity index (χ4n) is 11.4. The molecule has 13 atom stereocenters. The van der Waals surface area contributed by atoms with Gasteiger partial charge in [0, 0.05) is 48.7 Å². The van der Waals surface area contributed by atoms with Crippen LogP contribution >= 0.6 is 0 Å². The molecule has 9 bridgehead atoms. The van der Waals surface area contributed by atoms with Gasteiger partial charge >= 0.3 is 5.97 Å². The zero-order chi connectivity index (χ0) is 20.3. The van der Waals surface area contributed by atoms with E-state index in [1.807, 2.05) is 0 Å². The van der Waals surface area contributed by atoms with Gasteiger partial charge in [0.15, 0.2) is 0 Å². The van der Waals surface area contributed by atoms with Gasteiger partial charge in [-0.3, -0.25) is 9.69 Å². The Morgan fingerprint density at radius 3 is 2.72 bits per heavy atom. The van der Waals surface area contributed by atoms with Crippen LogP contribution in [0.4, 0.5) is 0 Å². The third kappa shape index (κ3) is 1.48. The number of fused-ring (bicyclic) bond motifs is 1. The number of esters is 1. The first kappa shape index (κ1) is 17.7. The van der Waals surface area contributed by atoms with E-state index in [4.69, 9.17) is 4.74 Å². The molecule has 9 fully saturated rings. The molecule has 3 aliphatic heterocycles. The zero-order valence-corrected chi connectivity index (χ0v) is 17.2. The molecule has 158 valence electrons. The molecule has 2 spiro atoms. The molecule has 29 heavy (non-hydrogen) atoms. The summed E-state index contributed by atoms with van der Waals surface area (Å²) in [5.41, 5.74) is -1.12. The second-order valence-corrected chi connectivity index (χ2v) is 11.9. The highest BCUT2D eigenvalue weighted by Crippen LogP contribution is 2.86. The third-order valence-corrected chi connectivity index (χ3v) is 10.8. The molecule has 1 unspecified atom stereocenters. The van der Waals surface area contributed by atoms with Crippen LogP contribution in [0.5, 0.6) is 0 Å². The van der Waals surface area contributed by atoms with E-state index in [1.54, 1.807) is 0 Å². The van der Waals surface area contributed by atoms with E-state index < -0.39 is 29.1 Å². The van der Waals surface area contributed by atoms with Crippen molar-refractivity contribution in [1.82, 2.24) is 4.90 Å². The minimum atomic E-state index is -1.22. The standard InChI is InChI=1S/C23H31NO5/c1-10-4-21-5-12-8-24-9-20(3)6-13(29-11(2)25)7-22(16(12)20)17(21)15(26)14(10)18(27)23(21,28)19(22)24/h12-19,26-28H,1,4-9H2,2-3H3/t12-,13+,14-,15-,16+,17+,18+,19+,20+,21-,22+,23-/m1/s1. The van der Waals surface area contributed by atoms with E-state index in [9.17, 15) is 20.1 Å². The van der Waals surface area contributed by atoms with Gasteiger partial charge in [0.1, 0.15) is 11.7 Å². The van der Waals surface area contributed by atoms with E-state index >= 15 is 0 Å². The van der Waals surface area contributed by atoms with Crippen molar-refractivity contribution in [2.24, 2.45) is 39.9 Å². The van der Waals surface area contributed by atoms with E-state index in [0.717, 1.165) is 31.5 Å². The number of piperidine rings is 3. The number of aliphatic hydroxyl groups excluding tert-OH is 2. The predicted octanol–water partition coefficient (Wildman–Crippen LogP) is 0.697. The van der Waals surface area contributed by atoms with Gasteiger partial charge in [-0.1, -0.05) is 19.1 Å². The Bertz CT molecular complexity index is 875. The summed E-state index contributed by atoms with van der Waals surface area (Å²) in [5, 5.41) is 35.5. The molecule has 6 saturated carbocycles. The van der Waals surface area contributed by atoms with Crippen LogP contribution in [0.2, 0.25) is 0 Å². The molecule has 0 aromatic rings. The maximum Gasteiger partial charge on any atom is 0.302 e. The van der Waals surface area contributed by atoms with Crippen LogP contribution in [0, 0.1) is 39.9 Å². The Labute approximate surface area is 170 Å². The molecule has 3 saturated heterocycles. The SMILES string of the molecule is C=C1C[C@@]23C[C@@H]4CN5C[C@]6(C)C[C@H](OC(C)=O)C[C@@]7([C@H]2[C@H](O)[C@@H]1[C@H](O)[C@@]3(O)[C@@H]57)[C@@H]46. The second kappa shape index (κ2) is 4.62. The van der Waals surface area contributed by atoms with E-state index in [2.05, 4.69) is 18.4 Å². The number of ether oxygens (including phenoxy) is 1. The monoisotopic (exact) mass is 401 g/mol. The van der Waals surface area contributed by atoms with Gasteiger partial charge in [0.25, 0.3) is 0 Å². The second-order valence-electron chi connectivity index (χ2n) is 11.9. The van der Waals surface area contributed by atoms with E-state index in [-0.39, 0.29) is 34.9 Å². The highest BCUT2D eigenvalue weighted by molar-refractivity contribution is 5.66. The van der Waals surface area contributed by atoms with Crippen molar-refractivity contribution in [3.05, 3.63) is 12.2 Å². The number of hydrogen-bond donors (Lipinski definition) is 3. The maximum atomic E-state index is 12.4. The van der Waals surface area contributed by atoms with Crippen molar-refractivity contribution in [2.45, 2.75) is 69.5 Å². The van der Waals surface area contributed by atoms with E-state index in [1.165, 1.54) is 6.92 Å². The first-order chi connectivity index (χ1) is 13.6. The smallest absolute Gasteiger partial charge is 0.302 e. The Balaban J connectivity index is 1.51. The van der Waals surface area contributed by atoms with Crippen LogP contribution in [0.25, 0.3) is 0 Å². The lowest BCUT2D eigenvalue weighted by molar-refractivity contribution is -0.284. The molecular weight excluding hydrogens is 370 g/mol. The molecule has 3 N–H and O–H groups in total. The molecule has 6 nitrogen and oxygen atoms in total. The molecule has 6 aliphatic carbocycles. The average molecular weight is 402 g/mol. The third-order valence-electron chi connectivity index (χ3n) is 10.8. The molecule has 0 radical (unpaired) electrons. The molecule has 9 aliphatic rings. The molecule has 0 aromatic heterocycles. The Kier molecular flexibility index (Phi) is 2.82. The van der Waals surface area contributed by atoms with Crippen molar-refractivity contribution >= 4 is 5.97 Å². The number of nitrogens with zero attached hydrogens (tertiary/aromatic N) is 1. The van der Waals surface area contributed by atoms with E-state index in [0.29, 0.717) is 24.7 Å². The van der Waals surface area contributed by atoms with Crippen LogP contribution in [-0.4, -0.2) is 69.2 Å². The molecule has 0 aromatic carbocycles. The number of hydrogen-bond acceptors (Lipinski definition) is 6. The Hall–Kier alpha value is -0.950. The lowest BCUT2D eigenvalue weighted by Crippen LogP contribution is -2.77. The lowest BCUT2D eigenvalue weighted by Gasteiger charge is -2.74. The fraction of sp³-hybridized carbons (Fsp3) is 0.870. The van der Waals surface area contributed by atoms with Crippen molar-refractivity contribution in [2.75, 3.05) is 13.1 Å². The summed E-state index contributed by atoms with van der Waals surface area (Å²) in [7, 11) is 0. The molecule has 0 amide bonds. The van der Waals surface area contributed by atoms with Crippen LogP contribution in [-0.2, 0) is 9.53 Å². The summed E-state index contributed by atoms with van der Waals surface area (Å²) in [6.07, 6.45) is 1.28. The summed E-state index contributed by atoms with van der Waals surface area (Å²) in [5.74, 6) is 0.0806. The van der Waals surface area contributed by atoms with Crippen LogP contribution in [0.15, 0.2) is 12.2 Å². The van der Waals surface area contributed by atoms with Gasteiger partial charge in [-0.2, -0.15) is 0 Å². The van der Waals surface area contributed by atoms with Crippen molar-refractivity contribution in [3.63, 3.8) is 0 Å². The topological polar surface area (TPSA) is 90.2 Å². The van der Waals surface area contributed by atoms with Crippen molar-refractivity contribution in [1.29, 1.82) is 0 Å².